The first-order valence-electron chi connectivity index (χ1n) is 8.90. The first-order chi connectivity index (χ1) is 12.3. The lowest BCUT2D eigenvalue weighted by atomic mass is 9.90. The number of benzene rings is 1. The molecule has 4 rings (SSSR count). The molecule has 0 radical (unpaired) electrons. The molecule has 4 N–H and O–H groups in total. The number of nitrogens with two attached hydrogens (primary N) is 1. The SMILES string of the molecule is I.NC(=NCCc1c[nH]c2ncccc12)Nc1cccc2c1CCCC2. The Morgan fingerprint density at radius 1 is 1.19 bits per heavy atom. The van der Waals surface area contributed by atoms with E-state index in [9.17, 15) is 0 Å². The van der Waals surface area contributed by atoms with Crippen molar-refractivity contribution in [3.8, 4) is 0 Å². The number of hydrogen-bond acceptors (Lipinski definition) is 2. The molecule has 0 bridgehead atoms. The lowest BCUT2D eigenvalue weighted by Crippen LogP contribution is -2.24. The Labute approximate surface area is 170 Å². The number of guanidine groups is 1. The van der Waals surface area contributed by atoms with Crippen LogP contribution in [0.3, 0.4) is 0 Å². The highest BCUT2D eigenvalue weighted by molar-refractivity contribution is 14.0. The molecule has 0 saturated heterocycles. The molecule has 0 spiro atoms. The fourth-order valence-electron chi connectivity index (χ4n) is 3.59. The summed E-state index contributed by atoms with van der Waals surface area (Å²) in [4.78, 5) is 12.0. The average Bonchev–Trinajstić information content (AvgIpc) is 3.05. The Hall–Kier alpha value is -2.09. The van der Waals surface area contributed by atoms with E-state index in [0.717, 1.165) is 36.0 Å². The molecule has 0 aliphatic heterocycles. The molecule has 2 heterocycles. The summed E-state index contributed by atoms with van der Waals surface area (Å²) in [5.74, 6) is 0.483. The maximum absolute atomic E-state index is 6.11. The van der Waals surface area contributed by atoms with Crippen LogP contribution in [-0.2, 0) is 19.3 Å². The van der Waals surface area contributed by atoms with Gasteiger partial charge >= 0.3 is 0 Å². The number of hydrogen-bond donors (Lipinski definition) is 3. The van der Waals surface area contributed by atoms with Gasteiger partial charge in [0.2, 0.25) is 0 Å². The highest BCUT2D eigenvalue weighted by Gasteiger charge is 2.13. The van der Waals surface area contributed by atoms with Crippen molar-refractivity contribution in [1.82, 2.24) is 9.97 Å². The summed E-state index contributed by atoms with van der Waals surface area (Å²) in [6.07, 6.45) is 9.44. The number of H-pyrrole nitrogens is 1. The monoisotopic (exact) mass is 461 g/mol. The number of nitrogens with one attached hydrogen (secondary N) is 2. The van der Waals surface area contributed by atoms with Crippen LogP contribution < -0.4 is 11.1 Å². The van der Waals surface area contributed by atoms with Gasteiger partial charge in [0.25, 0.3) is 0 Å². The molecule has 0 saturated carbocycles. The van der Waals surface area contributed by atoms with E-state index in [1.165, 1.54) is 29.5 Å². The normalized spacial score (nSPS) is 13.9. The number of fused-ring (bicyclic) bond motifs is 2. The standard InChI is InChI=1S/C20H23N5.HI/c21-20(25-18-9-3-6-14-5-1-2-7-16(14)18)23-12-10-15-13-24-19-17(15)8-4-11-22-19;/h3-4,6,8-9,11,13H,1-2,5,7,10,12H2,(H,22,24)(H3,21,23,25);1H. The third-order valence-corrected chi connectivity index (χ3v) is 4.86. The van der Waals surface area contributed by atoms with E-state index in [0.29, 0.717) is 12.5 Å². The summed E-state index contributed by atoms with van der Waals surface area (Å²) in [6, 6.07) is 10.4. The Balaban J connectivity index is 0.00000196. The molecule has 6 heteroatoms. The van der Waals surface area contributed by atoms with Gasteiger partial charge in [-0.05, 0) is 67.0 Å². The van der Waals surface area contributed by atoms with Crippen LogP contribution in [-0.4, -0.2) is 22.5 Å². The van der Waals surface area contributed by atoms with E-state index < -0.39 is 0 Å². The smallest absolute Gasteiger partial charge is 0.193 e. The van der Waals surface area contributed by atoms with E-state index in [2.05, 4.69) is 44.5 Å². The Kier molecular flexibility index (Phi) is 6.13. The number of halogens is 1. The predicted molar refractivity (Wildman–Crippen MR) is 118 cm³/mol. The molecule has 136 valence electrons. The highest BCUT2D eigenvalue weighted by Crippen LogP contribution is 2.27. The third-order valence-electron chi connectivity index (χ3n) is 4.86. The molecule has 0 fully saturated rings. The second-order valence-electron chi connectivity index (χ2n) is 6.51. The summed E-state index contributed by atoms with van der Waals surface area (Å²) in [7, 11) is 0. The van der Waals surface area contributed by atoms with Crippen molar-refractivity contribution >= 4 is 46.7 Å². The number of aromatic amines is 1. The number of rotatable bonds is 4. The Bertz CT molecular complexity index is 915. The molecular weight excluding hydrogens is 437 g/mol. The van der Waals surface area contributed by atoms with Crippen molar-refractivity contribution < 1.29 is 0 Å². The van der Waals surface area contributed by atoms with Gasteiger partial charge in [0, 0.05) is 30.0 Å². The van der Waals surface area contributed by atoms with E-state index in [1.54, 1.807) is 6.20 Å². The van der Waals surface area contributed by atoms with Crippen LogP contribution in [0, 0.1) is 0 Å². The molecular formula is C20H24IN5. The lowest BCUT2D eigenvalue weighted by Gasteiger charge is -2.19. The predicted octanol–water partition coefficient (Wildman–Crippen LogP) is 4.03. The van der Waals surface area contributed by atoms with Gasteiger partial charge < -0.3 is 16.0 Å². The van der Waals surface area contributed by atoms with Gasteiger partial charge in [-0.1, -0.05) is 12.1 Å². The molecule has 0 unspecified atom stereocenters. The first-order valence-corrected chi connectivity index (χ1v) is 8.90. The van der Waals surface area contributed by atoms with E-state index in [4.69, 9.17) is 5.73 Å². The first kappa shape index (κ1) is 18.7. The Morgan fingerprint density at radius 3 is 3.00 bits per heavy atom. The minimum atomic E-state index is 0. The van der Waals surface area contributed by atoms with Crippen LogP contribution in [0.2, 0.25) is 0 Å². The van der Waals surface area contributed by atoms with Gasteiger partial charge in [0.05, 0.1) is 0 Å². The zero-order chi connectivity index (χ0) is 17.1. The highest BCUT2D eigenvalue weighted by atomic mass is 127. The van der Waals surface area contributed by atoms with Crippen LogP contribution >= 0.6 is 24.0 Å². The maximum Gasteiger partial charge on any atom is 0.193 e. The molecule has 0 amide bonds. The van der Waals surface area contributed by atoms with Gasteiger partial charge in [0.1, 0.15) is 5.65 Å². The summed E-state index contributed by atoms with van der Waals surface area (Å²) >= 11 is 0. The molecule has 26 heavy (non-hydrogen) atoms. The van der Waals surface area contributed by atoms with Crippen LogP contribution in [0.5, 0.6) is 0 Å². The molecule has 0 atom stereocenters. The minimum Gasteiger partial charge on any atom is -0.370 e. The fourth-order valence-corrected chi connectivity index (χ4v) is 3.59. The fraction of sp³-hybridized carbons (Fsp3) is 0.300. The zero-order valence-electron chi connectivity index (χ0n) is 14.7. The number of anilines is 1. The van der Waals surface area contributed by atoms with E-state index >= 15 is 0 Å². The van der Waals surface area contributed by atoms with E-state index in [1.807, 2.05) is 12.3 Å². The summed E-state index contributed by atoms with van der Waals surface area (Å²) < 4.78 is 0. The molecule has 1 aromatic carbocycles. The molecule has 1 aliphatic carbocycles. The summed E-state index contributed by atoms with van der Waals surface area (Å²) in [5.41, 5.74) is 12.2. The van der Waals surface area contributed by atoms with Crippen molar-refractivity contribution in [3.05, 3.63) is 59.4 Å². The quantitative estimate of drug-likeness (QED) is 0.312. The maximum atomic E-state index is 6.11. The molecule has 1 aliphatic rings. The zero-order valence-corrected chi connectivity index (χ0v) is 17.0. The largest absolute Gasteiger partial charge is 0.370 e. The average molecular weight is 461 g/mol. The van der Waals surface area contributed by atoms with Gasteiger partial charge in [0.15, 0.2) is 5.96 Å². The topological polar surface area (TPSA) is 79.1 Å². The van der Waals surface area contributed by atoms with Gasteiger partial charge in [-0.2, -0.15) is 0 Å². The lowest BCUT2D eigenvalue weighted by molar-refractivity contribution is 0.687. The van der Waals surface area contributed by atoms with Crippen LogP contribution in [0.4, 0.5) is 5.69 Å². The summed E-state index contributed by atoms with van der Waals surface area (Å²) in [6.45, 7) is 0.649. The third kappa shape index (κ3) is 4.00. The second-order valence-corrected chi connectivity index (χ2v) is 6.51. The number of aromatic nitrogens is 2. The number of pyridine rings is 1. The molecule has 5 nitrogen and oxygen atoms in total. The van der Waals surface area contributed by atoms with E-state index in [-0.39, 0.29) is 24.0 Å². The van der Waals surface area contributed by atoms with Gasteiger partial charge in [-0.15, -0.1) is 24.0 Å². The molecule has 2 aromatic heterocycles. The molecule has 3 aromatic rings. The van der Waals surface area contributed by atoms with Crippen molar-refractivity contribution in [2.75, 3.05) is 11.9 Å². The number of aryl methyl sites for hydroxylation is 1. The Morgan fingerprint density at radius 2 is 2.08 bits per heavy atom. The summed E-state index contributed by atoms with van der Waals surface area (Å²) in [5, 5.41) is 4.45. The van der Waals surface area contributed by atoms with Crippen molar-refractivity contribution in [2.24, 2.45) is 10.7 Å². The minimum absolute atomic E-state index is 0. The van der Waals surface area contributed by atoms with Crippen molar-refractivity contribution in [1.29, 1.82) is 0 Å². The van der Waals surface area contributed by atoms with Crippen molar-refractivity contribution in [2.45, 2.75) is 32.1 Å². The number of aliphatic imine (C=N–C) groups is 1. The van der Waals surface area contributed by atoms with Crippen LogP contribution in [0.1, 0.15) is 29.5 Å². The van der Waals surface area contributed by atoms with Crippen LogP contribution in [0.15, 0.2) is 47.7 Å². The van der Waals surface area contributed by atoms with Crippen LogP contribution in [0.25, 0.3) is 11.0 Å². The van der Waals surface area contributed by atoms with Gasteiger partial charge in [-0.3, -0.25) is 4.99 Å². The van der Waals surface area contributed by atoms with Gasteiger partial charge in [-0.25, -0.2) is 4.98 Å². The second kappa shape index (κ2) is 8.53. The number of nitrogens with zero attached hydrogens (tertiary/aromatic N) is 2. The van der Waals surface area contributed by atoms with Crippen molar-refractivity contribution in [3.63, 3.8) is 0 Å².